The van der Waals surface area contributed by atoms with Crippen LogP contribution in [0.2, 0.25) is 0 Å². The number of aryl methyl sites for hydroxylation is 2. The van der Waals surface area contributed by atoms with E-state index in [-0.39, 0.29) is 23.6 Å². The first-order chi connectivity index (χ1) is 17.5. The third-order valence-corrected chi connectivity index (χ3v) is 6.88. The smallest absolute Gasteiger partial charge is 0.247 e. The van der Waals surface area contributed by atoms with E-state index in [0.717, 1.165) is 40.4 Å². The molecule has 1 aromatic heterocycles. The summed E-state index contributed by atoms with van der Waals surface area (Å²) in [5.74, 6) is 0.00857. The highest BCUT2D eigenvalue weighted by Gasteiger charge is 2.41. The van der Waals surface area contributed by atoms with Crippen LogP contribution in [0.5, 0.6) is 5.75 Å². The minimum atomic E-state index is -0.709. The zero-order valence-electron chi connectivity index (χ0n) is 20.4. The van der Waals surface area contributed by atoms with Gasteiger partial charge < -0.3 is 19.9 Å². The zero-order chi connectivity index (χ0) is 25.1. The Bertz CT molecular complexity index is 1360. The van der Waals surface area contributed by atoms with Crippen molar-refractivity contribution >= 4 is 22.7 Å². The maximum atomic E-state index is 13.8. The van der Waals surface area contributed by atoms with Gasteiger partial charge in [0.1, 0.15) is 11.8 Å². The number of phenols is 1. The quantitative estimate of drug-likeness (QED) is 0.358. The van der Waals surface area contributed by atoms with E-state index in [1.54, 1.807) is 12.1 Å². The number of aromatic hydroxyl groups is 1. The molecule has 0 bridgehead atoms. The number of rotatable bonds is 9. The molecular weight excluding hydrogens is 450 g/mol. The van der Waals surface area contributed by atoms with Gasteiger partial charge in [0.2, 0.25) is 11.8 Å². The normalized spacial score (nSPS) is 13.9. The lowest BCUT2D eigenvalue weighted by atomic mass is 9.98. The van der Waals surface area contributed by atoms with Crippen molar-refractivity contribution in [3.05, 3.63) is 102 Å². The Labute approximate surface area is 211 Å². The molecule has 0 saturated heterocycles. The van der Waals surface area contributed by atoms with Crippen LogP contribution in [0.25, 0.3) is 10.9 Å². The van der Waals surface area contributed by atoms with Gasteiger partial charge in [0.25, 0.3) is 0 Å². The number of carbonyl (C=O) groups excluding carboxylic acids is 2. The van der Waals surface area contributed by atoms with E-state index in [2.05, 4.69) is 5.32 Å². The van der Waals surface area contributed by atoms with Crippen molar-refractivity contribution in [2.24, 2.45) is 7.05 Å². The number of fused-ring (bicyclic) bond motifs is 1. The Morgan fingerprint density at radius 2 is 1.72 bits per heavy atom. The molecule has 0 aliphatic heterocycles. The first-order valence-electron chi connectivity index (χ1n) is 12.5. The molecule has 1 fully saturated rings. The summed E-state index contributed by atoms with van der Waals surface area (Å²) < 4.78 is 2.03. The minimum absolute atomic E-state index is 0.0293. The van der Waals surface area contributed by atoms with Crippen LogP contribution in [-0.2, 0) is 29.6 Å². The highest BCUT2D eigenvalue weighted by Crippen LogP contribution is 2.38. The molecule has 2 N–H and O–H groups in total. The summed E-state index contributed by atoms with van der Waals surface area (Å²) in [6, 6.07) is 24.1. The SMILES string of the molecule is Cn1ccc2c(C(C(=O)NCc3ccccc3)N(C(=O)CCc3ccc(O)cc3)C3CC3)cccc21. The Balaban J connectivity index is 1.46. The molecule has 1 saturated carbocycles. The Hall–Kier alpha value is -4.06. The molecular formula is C30H31N3O3. The first kappa shape index (κ1) is 23.7. The number of hydrogen-bond donors (Lipinski definition) is 2. The summed E-state index contributed by atoms with van der Waals surface area (Å²) in [5.41, 5.74) is 3.87. The molecule has 1 heterocycles. The molecule has 6 heteroatoms. The number of phenolic OH excluding ortho intramolecular Hbond substituents is 1. The van der Waals surface area contributed by atoms with Crippen LogP contribution >= 0.6 is 0 Å². The minimum Gasteiger partial charge on any atom is -0.508 e. The van der Waals surface area contributed by atoms with Crippen molar-refractivity contribution in [3.63, 3.8) is 0 Å². The van der Waals surface area contributed by atoms with Crippen LogP contribution in [0.3, 0.4) is 0 Å². The molecule has 2 amide bonds. The fourth-order valence-corrected chi connectivity index (χ4v) is 4.82. The average Bonchev–Trinajstić information content (AvgIpc) is 3.67. The molecule has 5 rings (SSSR count). The van der Waals surface area contributed by atoms with Gasteiger partial charge in [-0.1, -0.05) is 54.6 Å². The molecule has 36 heavy (non-hydrogen) atoms. The van der Waals surface area contributed by atoms with Crippen LogP contribution in [0.4, 0.5) is 0 Å². The summed E-state index contributed by atoms with van der Waals surface area (Å²) in [6.07, 6.45) is 4.64. The molecule has 1 aliphatic rings. The second-order valence-electron chi connectivity index (χ2n) is 9.51. The topological polar surface area (TPSA) is 74.6 Å². The number of aromatic nitrogens is 1. The van der Waals surface area contributed by atoms with Crippen LogP contribution in [0.15, 0.2) is 85.1 Å². The summed E-state index contributed by atoms with van der Waals surface area (Å²) in [5, 5.41) is 13.6. The summed E-state index contributed by atoms with van der Waals surface area (Å²) in [4.78, 5) is 29.3. The first-order valence-corrected chi connectivity index (χ1v) is 12.5. The third-order valence-electron chi connectivity index (χ3n) is 6.88. The molecule has 4 aromatic rings. The maximum Gasteiger partial charge on any atom is 0.247 e. The molecule has 1 atom stereocenters. The summed E-state index contributed by atoms with van der Waals surface area (Å²) >= 11 is 0. The predicted molar refractivity (Wildman–Crippen MR) is 140 cm³/mol. The molecule has 0 radical (unpaired) electrons. The Morgan fingerprint density at radius 1 is 0.972 bits per heavy atom. The van der Waals surface area contributed by atoms with Crippen LogP contribution in [0, 0.1) is 0 Å². The maximum absolute atomic E-state index is 13.8. The van der Waals surface area contributed by atoms with Crippen molar-refractivity contribution in [3.8, 4) is 5.75 Å². The largest absolute Gasteiger partial charge is 0.508 e. The van der Waals surface area contributed by atoms with Gasteiger partial charge in [-0.05, 0) is 60.2 Å². The second kappa shape index (κ2) is 10.3. The number of nitrogens with one attached hydrogen (secondary N) is 1. The van der Waals surface area contributed by atoms with E-state index in [1.165, 1.54) is 0 Å². The van der Waals surface area contributed by atoms with Gasteiger partial charge in [0.05, 0.1) is 0 Å². The van der Waals surface area contributed by atoms with Crippen molar-refractivity contribution in [2.45, 2.75) is 44.3 Å². The monoisotopic (exact) mass is 481 g/mol. The lowest BCUT2D eigenvalue weighted by Gasteiger charge is -2.32. The van der Waals surface area contributed by atoms with Gasteiger partial charge in [0.15, 0.2) is 0 Å². The van der Waals surface area contributed by atoms with Crippen molar-refractivity contribution in [2.75, 3.05) is 0 Å². The molecule has 6 nitrogen and oxygen atoms in total. The van der Waals surface area contributed by atoms with E-state index in [4.69, 9.17) is 0 Å². The summed E-state index contributed by atoms with van der Waals surface area (Å²) in [7, 11) is 1.98. The highest BCUT2D eigenvalue weighted by atomic mass is 16.3. The molecule has 3 aromatic carbocycles. The van der Waals surface area contributed by atoms with Crippen LogP contribution in [-0.4, -0.2) is 32.4 Å². The Kier molecular flexibility index (Phi) is 6.76. The van der Waals surface area contributed by atoms with E-state index < -0.39 is 6.04 Å². The lowest BCUT2D eigenvalue weighted by Crippen LogP contribution is -2.45. The zero-order valence-corrected chi connectivity index (χ0v) is 20.4. The van der Waals surface area contributed by atoms with Gasteiger partial charge in [-0.25, -0.2) is 0 Å². The van der Waals surface area contributed by atoms with E-state index in [1.807, 2.05) is 89.4 Å². The van der Waals surface area contributed by atoms with Gasteiger partial charge in [0, 0.05) is 43.2 Å². The van der Waals surface area contributed by atoms with Crippen molar-refractivity contribution in [1.29, 1.82) is 0 Å². The Morgan fingerprint density at radius 3 is 2.44 bits per heavy atom. The third kappa shape index (κ3) is 5.13. The van der Waals surface area contributed by atoms with E-state index >= 15 is 0 Å². The standard InChI is InChI=1S/C30H31N3O3/c1-32-19-18-25-26(8-5-9-27(25)32)29(30(36)31-20-22-6-3-2-4-7-22)33(23-13-14-23)28(35)17-12-21-10-15-24(34)16-11-21/h2-11,15-16,18-19,23,29,34H,12-14,17,20H2,1H3,(H,31,36). The van der Waals surface area contributed by atoms with Crippen LogP contribution < -0.4 is 5.32 Å². The highest BCUT2D eigenvalue weighted by molar-refractivity contribution is 5.94. The van der Waals surface area contributed by atoms with Gasteiger partial charge >= 0.3 is 0 Å². The number of carbonyl (C=O) groups is 2. The van der Waals surface area contributed by atoms with Crippen molar-refractivity contribution in [1.82, 2.24) is 14.8 Å². The fraction of sp³-hybridized carbons (Fsp3) is 0.267. The second-order valence-corrected chi connectivity index (χ2v) is 9.51. The van der Waals surface area contributed by atoms with Gasteiger partial charge in [-0.2, -0.15) is 0 Å². The number of hydrogen-bond acceptors (Lipinski definition) is 3. The molecule has 1 aliphatic carbocycles. The van der Waals surface area contributed by atoms with E-state index in [9.17, 15) is 14.7 Å². The van der Waals surface area contributed by atoms with Gasteiger partial charge in [-0.15, -0.1) is 0 Å². The van der Waals surface area contributed by atoms with E-state index in [0.29, 0.717) is 19.4 Å². The van der Waals surface area contributed by atoms with Gasteiger partial charge in [-0.3, -0.25) is 9.59 Å². The predicted octanol–water partition coefficient (Wildman–Crippen LogP) is 4.87. The van der Waals surface area contributed by atoms with Crippen molar-refractivity contribution < 1.29 is 14.7 Å². The summed E-state index contributed by atoms with van der Waals surface area (Å²) in [6.45, 7) is 0.404. The fourth-order valence-electron chi connectivity index (χ4n) is 4.82. The molecule has 0 spiro atoms. The molecule has 184 valence electrons. The number of amides is 2. The lowest BCUT2D eigenvalue weighted by molar-refractivity contribution is -0.141. The van der Waals surface area contributed by atoms with Crippen LogP contribution in [0.1, 0.15) is 42.0 Å². The average molecular weight is 482 g/mol. The molecule has 1 unspecified atom stereocenters. The number of benzene rings is 3. The number of nitrogens with zero attached hydrogens (tertiary/aromatic N) is 2.